The van der Waals surface area contributed by atoms with Gasteiger partial charge in [-0.3, -0.25) is 10.1 Å². The summed E-state index contributed by atoms with van der Waals surface area (Å²) in [5.41, 5.74) is -0.247. The Balaban J connectivity index is 2.26. The molecule has 0 aliphatic carbocycles. The van der Waals surface area contributed by atoms with E-state index in [9.17, 15) is 23.3 Å². The van der Waals surface area contributed by atoms with Crippen LogP contribution in [-0.2, 0) is 6.54 Å². The van der Waals surface area contributed by atoms with Crippen molar-refractivity contribution in [1.29, 1.82) is 0 Å². The number of aryl methyl sites for hydroxylation is 1. The summed E-state index contributed by atoms with van der Waals surface area (Å²) in [5.74, 6) is -1.94. The number of hydrogen-bond donors (Lipinski definition) is 1. The van der Waals surface area contributed by atoms with Crippen LogP contribution >= 0.6 is 0 Å². The molecule has 0 aliphatic heterocycles. The average molecular weight is 296 g/mol. The fraction of sp³-hybridized carbons (Fsp3) is 0.143. The van der Waals surface area contributed by atoms with E-state index in [2.05, 4.69) is 5.32 Å². The standard InChI is InChI=1S/C14H11F3N2O2/c1-8-4-12(17)13(6-11(8)16)18-7-9-5-10(15)2-3-14(9)19(20)21/h2-6,18H,7H2,1H3. The first-order valence-electron chi connectivity index (χ1n) is 6.01. The fourth-order valence-electron chi connectivity index (χ4n) is 1.85. The summed E-state index contributed by atoms with van der Waals surface area (Å²) < 4.78 is 40.2. The minimum Gasteiger partial charge on any atom is -0.378 e. The molecule has 0 atom stereocenters. The third-order valence-corrected chi connectivity index (χ3v) is 2.96. The maximum Gasteiger partial charge on any atom is 0.274 e. The van der Waals surface area contributed by atoms with Gasteiger partial charge in [0.1, 0.15) is 17.5 Å². The number of nitro groups is 1. The summed E-state index contributed by atoms with van der Waals surface area (Å²) in [6.07, 6.45) is 0. The molecule has 0 radical (unpaired) electrons. The van der Waals surface area contributed by atoms with Crippen LogP contribution in [0.5, 0.6) is 0 Å². The highest BCUT2D eigenvalue weighted by molar-refractivity contribution is 5.49. The Morgan fingerprint density at radius 3 is 2.52 bits per heavy atom. The molecular weight excluding hydrogens is 285 g/mol. The predicted molar refractivity (Wildman–Crippen MR) is 71.5 cm³/mol. The Bertz CT molecular complexity index is 705. The van der Waals surface area contributed by atoms with Crippen LogP contribution in [0.15, 0.2) is 30.3 Å². The maximum absolute atomic E-state index is 13.6. The number of anilines is 1. The Morgan fingerprint density at radius 1 is 1.14 bits per heavy atom. The molecule has 2 aromatic rings. The van der Waals surface area contributed by atoms with Crippen molar-refractivity contribution in [2.45, 2.75) is 13.5 Å². The van der Waals surface area contributed by atoms with E-state index in [4.69, 9.17) is 0 Å². The first kappa shape index (κ1) is 14.8. The Kier molecular flexibility index (Phi) is 4.11. The number of benzene rings is 2. The van der Waals surface area contributed by atoms with Crippen LogP contribution in [0.4, 0.5) is 24.5 Å². The summed E-state index contributed by atoms with van der Waals surface area (Å²) in [5, 5.41) is 13.4. The van der Waals surface area contributed by atoms with Gasteiger partial charge in [0.2, 0.25) is 0 Å². The third-order valence-electron chi connectivity index (χ3n) is 2.96. The van der Waals surface area contributed by atoms with E-state index in [0.717, 1.165) is 30.3 Å². The minimum atomic E-state index is -0.687. The average Bonchev–Trinajstić information content (AvgIpc) is 2.41. The lowest BCUT2D eigenvalue weighted by Crippen LogP contribution is -2.05. The molecule has 0 fully saturated rings. The van der Waals surface area contributed by atoms with E-state index in [1.807, 2.05) is 0 Å². The molecule has 4 nitrogen and oxygen atoms in total. The molecule has 21 heavy (non-hydrogen) atoms. The SMILES string of the molecule is Cc1cc(F)c(NCc2cc(F)ccc2[N+](=O)[O-])cc1F. The van der Waals surface area contributed by atoms with Crippen molar-refractivity contribution in [2.24, 2.45) is 0 Å². The zero-order valence-corrected chi connectivity index (χ0v) is 11.0. The topological polar surface area (TPSA) is 55.2 Å². The smallest absolute Gasteiger partial charge is 0.274 e. The number of rotatable bonds is 4. The maximum atomic E-state index is 13.6. The van der Waals surface area contributed by atoms with Gasteiger partial charge in [-0.2, -0.15) is 0 Å². The molecule has 1 N–H and O–H groups in total. The Morgan fingerprint density at radius 2 is 1.86 bits per heavy atom. The molecular formula is C14H11F3N2O2. The molecule has 2 rings (SSSR count). The van der Waals surface area contributed by atoms with Gasteiger partial charge in [0.15, 0.2) is 0 Å². The van der Waals surface area contributed by atoms with Gasteiger partial charge < -0.3 is 5.32 Å². The zero-order valence-electron chi connectivity index (χ0n) is 11.0. The van der Waals surface area contributed by atoms with E-state index in [1.165, 1.54) is 6.92 Å². The molecule has 0 saturated heterocycles. The Labute approximate surface area is 118 Å². The highest BCUT2D eigenvalue weighted by Crippen LogP contribution is 2.23. The summed E-state index contributed by atoms with van der Waals surface area (Å²) in [6, 6.07) is 4.94. The molecule has 2 aromatic carbocycles. The lowest BCUT2D eigenvalue weighted by atomic mass is 10.1. The molecule has 0 spiro atoms. The summed E-state index contributed by atoms with van der Waals surface area (Å²) in [4.78, 5) is 10.2. The van der Waals surface area contributed by atoms with Crippen LogP contribution in [0.2, 0.25) is 0 Å². The number of nitrogens with one attached hydrogen (secondary N) is 1. The van der Waals surface area contributed by atoms with E-state index in [1.54, 1.807) is 0 Å². The third kappa shape index (κ3) is 3.31. The fourth-order valence-corrected chi connectivity index (χ4v) is 1.85. The van der Waals surface area contributed by atoms with E-state index in [0.29, 0.717) is 0 Å². The normalized spacial score (nSPS) is 10.5. The summed E-state index contributed by atoms with van der Waals surface area (Å²) in [6.45, 7) is 1.22. The van der Waals surface area contributed by atoms with E-state index < -0.39 is 22.4 Å². The van der Waals surface area contributed by atoms with Crippen LogP contribution in [0, 0.1) is 34.5 Å². The highest BCUT2D eigenvalue weighted by Gasteiger charge is 2.15. The molecule has 110 valence electrons. The van der Waals surface area contributed by atoms with Gasteiger partial charge in [-0.25, -0.2) is 13.2 Å². The second-order valence-corrected chi connectivity index (χ2v) is 4.46. The largest absolute Gasteiger partial charge is 0.378 e. The van der Waals surface area contributed by atoms with E-state index in [-0.39, 0.29) is 29.0 Å². The van der Waals surface area contributed by atoms with Crippen LogP contribution in [0.25, 0.3) is 0 Å². The molecule has 0 aromatic heterocycles. The van der Waals surface area contributed by atoms with Crippen molar-refractivity contribution in [3.05, 3.63) is 69.0 Å². The zero-order chi connectivity index (χ0) is 15.6. The van der Waals surface area contributed by atoms with Gasteiger partial charge in [0, 0.05) is 18.7 Å². The van der Waals surface area contributed by atoms with Crippen molar-refractivity contribution in [1.82, 2.24) is 0 Å². The first-order chi connectivity index (χ1) is 9.88. The number of nitrogens with zero attached hydrogens (tertiary/aromatic N) is 1. The molecule has 0 amide bonds. The first-order valence-corrected chi connectivity index (χ1v) is 6.01. The second-order valence-electron chi connectivity index (χ2n) is 4.46. The monoisotopic (exact) mass is 296 g/mol. The molecule has 0 unspecified atom stereocenters. The van der Waals surface area contributed by atoms with Gasteiger partial charge in [0.05, 0.1) is 16.2 Å². The molecule has 0 aliphatic rings. The second kappa shape index (κ2) is 5.82. The Hall–Kier alpha value is -2.57. The van der Waals surface area contributed by atoms with Gasteiger partial charge >= 0.3 is 0 Å². The number of nitro benzene ring substituents is 1. The number of hydrogen-bond acceptors (Lipinski definition) is 3. The van der Waals surface area contributed by atoms with Crippen molar-refractivity contribution < 1.29 is 18.1 Å². The quantitative estimate of drug-likeness (QED) is 0.687. The van der Waals surface area contributed by atoms with Crippen LogP contribution < -0.4 is 5.32 Å². The van der Waals surface area contributed by atoms with Gasteiger partial charge in [0.25, 0.3) is 5.69 Å². The lowest BCUT2D eigenvalue weighted by Gasteiger charge is -2.09. The van der Waals surface area contributed by atoms with Crippen molar-refractivity contribution in [2.75, 3.05) is 5.32 Å². The van der Waals surface area contributed by atoms with Crippen molar-refractivity contribution in [3.63, 3.8) is 0 Å². The van der Waals surface area contributed by atoms with Gasteiger partial charge in [-0.05, 0) is 30.7 Å². The van der Waals surface area contributed by atoms with Crippen LogP contribution in [0.3, 0.4) is 0 Å². The van der Waals surface area contributed by atoms with Gasteiger partial charge in [-0.15, -0.1) is 0 Å². The molecule has 7 heteroatoms. The summed E-state index contributed by atoms with van der Waals surface area (Å²) >= 11 is 0. The predicted octanol–water partition coefficient (Wildman–Crippen LogP) is 3.93. The van der Waals surface area contributed by atoms with Crippen molar-refractivity contribution in [3.8, 4) is 0 Å². The molecule has 0 heterocycles. The lowest BCUT2D eigenvalue weighted by molar-refractivity contribution is -0.385. The molecule has 0 saturated carbocycles. The van der Waals surface area contributed by atoms with Crippen LogP contribution in [-0.4, -0.2) is 4.92 Å². The van der Waals surface area contributed by atoms with E-state index >= 15 is 0 Å². The minimum absolute atomic E-state index is 0.0420. The molecule has 0 bridgehead atoms. The highest BCUT2D eigenvalue weighted by atomic mass is 19.1. The van der Waals surface area contributed by atoms with Gasteiger partial charge in [-0.1, -0.05) is 0 Å². The van der Waals surface area contributed by atoms with Crippen molar-refractivity contribution >= 4 is 11.4 Å². The van der Waals surface area contributed by atoms with Crippen LogP contribution in [0.1, 0.15) is 11.1 Å². The summed E-state index contributed by atoms with van der Waals surface area (Å²) in [7, 11) is 0. The number of halogens is 3.